The Labute approximate surface area is 156 Å². The fraction of sp³-hybridized carbons (Fsp3) is 0.368. The summed E-state index contributed by atoms with van der Waals surface area (Å²) in [5.41, 5.74) is 2.96. The number of nitrogens with one attached hydrogen (secondary N) is 3. The quantitative estimate of drug-likeness (QED) is 0.649. The molecule has 0 radical (unpaired) electrons. The van der Waals surface area contributed by atoms with E-state index >= 15 is 0 Å². The zero-order valence-corrected chi connectivity index (χ0v) is 14.9. The lowest BCUT2D eigenvalue weighted by Crippen LogP contribution is -2.35. The van der Waals surface area contributed by atoms with Gasteiger partial charge < -0.3 is 15.2 Å². The maximum Gasteiger partial charge on any atom is 0.243 e. The van der Waals surface area contributed by atoms with Crippen molar-refractivity contribution in [3.05, 3.63) is 36.4 Å². The maximum absolute atomic E-state index is 12.3. The van der Waals surface area contributed by atoms with Gasteiger partial charge in [-0.25, -0.2) is 15.0 Å². The van der Waals surface area contributed by atoms with E-state index in [1.165, 1.54) is 0 Å². The molecule has 1 aromatic carbocycles. The highest BCUT2D eigenvalue weighted by Gasteiger charge is 2.22. The molecule has 0 saturated carbocycles. The Morgan fingerprint density at radius 3 is 3.07 bits per heavy atom. The zero-order valence-electron chi connectivity index (χ0n) is 14.9. The van der Waals surface area contributed by atoms with Gasteiger partial charge in [0.05, 0.1) is 30.0 Å². The van der Waals surface area contributed by atoms with Crippen LogP contribution in [0.2, 0.25) is 0 Å². The highest BCUT2D eigenvalue weighted by Crippen LogP contribution is 2.25. The van der Waals surface area contributed by atoms with E-state index in [-0.39, 0.29) is 11.9 Å². The van der Waals surface area contributed by atoms with Crippen molar-refractivity contribution in [1.29, 1.82) is 0 Å². The van der Waals surface area contributed by atoms with Crippen LogP contribution in [0.5, 0.6) is 0 Å². The fourth-order valence-electron chi connectivity index (χ4n) is 3.77. The Balaban J connectivity index is 1.46. The second-order valence-corrected chi connectivity index (χ2v) is 6.99. The monoisotopic (exact) mass is 363 g/mol. The SMILES string of the molecule is O=C(Nc1ncc2ccc(-c3cnc4n3CCNC4)cc2n1)C1CCCN1. The molecular weight excluding hydrogens is 342 g/mol. The van der Waals surface area contributed by atoms with Crippen LogP contribution in [0.3, 0.4) is 0 Å². The van der Waals surface area contributed by atoms with E-state index in [0.717, 1.165) is 67.0 Å². The van der Waals surface area contributed by atoms with E-state index in [4.69, 9.17) is 0 Å². The summed E-state index contributed by atoms with van der Waals surface area (Å²) < 4.78 is 2.24. The number of aromatic nitrogens is 4. The Bertz CT molecular complexity index is 1010. The molecule has 1 unspecified atom stereocenters. The van der Waals surface area contributed by atoms with E-state index in [1.807, 2.05) is 18.3 Å². The zero-order chi connectivity index (χ0) is 18.2. The van der Waals surface area contributed by atoms with Crippen LogP contribution < -0.4 is 16.0 Å². The molecule has 5 rings (SSSR count). The van der Waals surface area contributed by atoms with Crippen molar-refractivity contribution < 1.29 is 4.79 Å². The Hall–Kier alpha value is -2.84. The van der Waals surface area contributed by atoms with Gasteiger partial charge in [-0.05, 0) is 25.5 Å². The van der Waals surface area contributed by atoms with E-state index in [9.17, 15) is 4.79 Å². The van der Waals surface area contributed by atoms with Gasteiger partial charge in [0.25, 0.3) is 0 Å². The van der Waals surface area contributed by atoms with E-state index < -0.39 is 0 Å². The summed E-state index contributed by atoms with van der Waals surface area (Å²) in [6.45, 7) is 3.52. The average Bonchev–Trinajstić information content (AvgIpc) is 3.37. The molecule has 1 saturated heterocycles. The van der Waals surface area contributed by atoms with Crippen LogP contribution >= 0.6 is 0 Å². The molecule has 1 atom stereocenters. The summed E-state index contributed by atoms with van der Waals surface area (Å²) in [5, 5.41) is 10.3. The molecule has 3 N–H and O–H groups in total. The van der Waals surface area contributed by atoms with Gasteiger partial charge in [-0.3, -0.25) is 10.1 Å². The molecule has 0 bridgehead atoms. The molecule has 2 aromatic heterocycles. The highest BCUT2D eigenvalue weighted by atomic mass is 16.2. The van der Waals surface area contributed by atoms with Crippen molar-refractivity contribution in [2.24, 2.45) is 0 Å². The van der Waals surface area contributed by atoms with Gasteiger partial charge in [-0.15, -0.1) is 0 Å². The summed E-state index contributed by atoms with van der Waals surface area (Å²) in [7, 11) is 0. The third-order valence-corrected chi connectivity index (χ3v) is 5.22. The predicted octanol–water partition coefficient (Wildman–Crippen LogP) is 1.29. The van der Waals surface area contributed by atoms with Crippen molar-refractivity contribution in [2.45, 2.75) is 32.0 Å². The first kappa shape index (κ1) is 16.3. The third kappa shape index (κ3) is 3.07. The summed E-state index contributed by atoms with van der Waals surface area (Å²) in [6, 6.07) is 5.96. The molecule has 138 valence electrons. The topological polar surface area (TPSA) is 96.8 Å². The Kier molecular flexibility index (Phi) is 4.06. The number of carbonyl (C=O) groups excluding carboxylic acids is 1. The second-order valence-electron chi connectivity index (χ2n) is 6.99. The Morgan fingerprint density at radius 2 is 2.19 bits per heavy atom. The first-order chi connectivity index (χ1) is 13.3. The molecule has 2 aliphatic heterocycles. The lowest BCUT2D eigenvalue weighted by Gasteiger charge is -2.17. The van der Waals surface area contributed by atoms with E-state index in [0.29, 0.717) is 5.95 Å². The normalized spacial score (nSPS) is 19.2. The predicted molar refractivity (Wildman–Crippen MR) is 102 cm³/mol. The number of amides is 1. The van der Waals surface area contributed by atoms with Crippen LogP contribution in [0.25, 0.3) is 22.2 Å². The van der Waals surface area contributed by atoms with Gasteiger partial charge in [0.2, 0.25) is 11.9 Å². The molecule has 1 fully saturated rings. The lowest BCUT2D eigenvalue weighted by molar-refractivity contribution is -0.117. The third-order valence-electron chi connectivity index (χ3n) is 5.22. The van der Waals surface area contributed by atoms with Crippen LogP contribution in [0.1, 0.15) is 18.7 Å². The second kappa shape index (κ2) is 6.71. The summed E-state index contributed by atoms with van der Waals surface area (Å²) >= 11 is 0. The molecule has 8 heteroatoms. The molecular formula is C19H21N7O. The molecule has 8 nitrogen and oxygen atoms in total. The van der Waals surface area contributed by atoms with Gasteiger partial charge >= 0.3 is 0 Å². The van der Waals surface area contributed by atoms with Gasteiger partial charge in [0, 0.05) is 30.2 Å². The molecule has 27 heavy (non-hydrogen) atoms. The molecule has 0 aliphatic carbocycles. The van der Waals surface area contributed by atoms with Gasteiger partial charge in [0.15, 0.2) is 0 Å². The van der Waals surface area contributed by atoms with Crippen LogP contribution in [0.15, 0.2) is 30.6 Å². The number of imidazole rings is 1. The van der Waals surface area contributed by atoms with Crippen molar-refractivity contribution in [3.8, 4) is 11.3 Å². The van der Waals surface area contributed by atoms with Crippen molar-refractivity contribution >= 4 is 22.8 Å². The van der Waals surface area contributed by atoms with Gasteiger partial charge in [-0.2, -0.15) is 0 Å². The van der Waals surface area contributed by atoms with Gasteiger partial charge in [-0.1, -0.05) is 12.1 Å². The molecule has 0 spiro atoms. The molecule has 4 heterocycles. The van der Waals surface area contributed by atoms with Crippen LogP contribution in [-0.4, -0.2) is 44.6 Å². The number of hydrogen-bond donors (Lipinski definition) is 3. The molecule has 3 aromatic rings. The lowest BCUT2D eigenvalue weighted by atomic mass is 10.1. The summed E-state index contributed by atoms with van der Waals surface area (Å²) in [4.78, 5) is 25.7. The smallest absolute Gasteiger partial charge is 0.243 e. The van der Waals surface area contributed by atoms with E-state index in [1.54, 1.807) is 6.20 Å². The standard InChI is InChI=1S/C19H21N7O/c27-18(14-2-1-5-21-14)25-19-23-9-13-4-3-12(8-15(13)24-19)16-10-22-17-11-20-6-7-26(16)17/h3-4,8-10,14,20-21H,1-2,5-7,11H2,(H,23,24,25,27). The largest absolute Gasteiger partial charge is 0.326 e. The number of fused-ring (bicyclic) bond motifs is 2. The Morgan fingerprint density at radius 1 is 1.22 bits per heavy atom. The van der Waals surface area contributed by atoms with Crippen LogP contribution in [0.4, 0.5) is 5.95 Å². The number of benzene rings is 1. The first-order valence-corrected chi connectivity index (χ1v) is 9.34. The summed E-state index contributed by atoms with van der Waals surface area (Å²) in [6.07, 6.45) is 5.54. The maximum atomic E-state index is 12.3. The van der Waals surface area contributed by atoms with Crippen molar-refractivity contribution in [1.82, 2.24) is 30.2 Å². The molecule has 2 aliphatic rings. The number of rotatable bonds is 3. The molecule has 1 amide bonds. The fourth-order valence-corrected chi connectivity index (χ4v) is 3.77. The van der Waals surface area contributed by atoms with Gasteiger partial charge in [0.1, 0.15) is 5.82 Å². The van der Waals surface area contributed by atoms with Crippen molar-refractivity contribution in [3.63, 3.8) is 0 Å². The minimum Gasteiger partial charge on any atom is -0.326 e. The number of hydrogen-bond acceptors (Lipinski definition) is 6. The first-order valence-electron chi connectivity index (χ1n) is 9.34. The number of carbonyl (C=O) groups is 1. The van der Waals surface area contributed by atoms with E-state index in [2.05, 4.69) is 41.5 Å². The number of nitrogens with zero attached hydrogens (tertiary/aromatic N) is 4. The minimum atomic E-state index is -0.150. The number of anilines is 1. The van der Waals surface area contributed by atoms with Crippen LogP contribution in [-0.2, 0) is 17.9 Å². The summed E-state index contributed by atoms with van der Waals surface area (Å²) in [5.74, 6) is 1.33. The average molecular weight is 363 g/mol. The minimum absolute atomic E-state index is 0.0691. The van der Waals surface area contributed by atoms with Crippen LogP contribution in [0, 0.1) is 0 Å². The highest BCUT2D eigenvalue weighted by molar-refractivity contribution is 5.94. The van der Waals surface area contributed by atoms with Crippen molar-refractivity contribution in [2.75, 3.05) is 18.4 Å².